The van der Waals surface area contributed by atoms with Crippen LogP contribution in [-0.2, 0) is 19.6 Å². The number of nitrogens with zero attached hydrogens (tertiary/aromatic N) is 1. The molecule has 29 heavy (non-hydrogen) atoms. The molecule has 2 aromatic rings. The van der Waals surface area contributed by atoms with Gasteiger partial charge < -0.3 is 4.74 Å². The summed E-state index contributed by atoms with van der Waals surface area (Å²) in [6.45, 7) is 3.71. The molecular formula is C22H25NO5S. The Morgan fingerprint density at radius 3 is 2.31 bits per heavy atom. The Labute approximate surface area is 171 Å². The average molecular weight is 416 g/mol. The fourth-order valence-electron chi connectivity index (χ4n) is 3.42. The highest BCUT2D eigenvalue weighted by atomic mass is 32.2. The number of carbonyl (C=O) groups excluding carboxylic acids is 2. The van der Waals surface area contributed by atoms with E-state index in [4.69, 9.17) is 4.74 Å². The van der Waals surface area contributed by atoms with E-state index in [9.17, 15) is 18.0 Å². The quantitative estimate of drug-likeness (QED) is 0.532. The van der Waals surface area contributed by atoms with Crippen molar-refractivity contribution in [2.75, 3.05) is 13.1 Å². The van der Waals surface area contributed by atoms with Crippen LogP contribution in [0.3, 0.4) is 0 Å². The van der Waals surface area contributed by atoms with Gasteiger partial charge in [-0.1, -0.05) is 42.5 Å². The minimum absolute atomic E-state index is 0.101. The predicted molar refractivity (Wildman–Crippen MR) is 109 cm³/mol. The van der Waals surface area contributed by atoms with Gasteiger partial charge in [-0.15, -0.1) is 0 Å². The van der Waals surface area contributed by atoms with Gasteiger partial charge in [0.05, 0.1) is 10.8 Å². The summed E-state index contributed by atoms with van der Waals surface area (Å²) in [4.78, 5) is 24.2. The van der Waals surface area contributed by atoms with Gasteiger partial charge in [0, 0.05) is 18.7 Å². The lowest BCUT2D eigenvalue weighted by molar-refractivity contribution is -0.155. The molecule has 1 saturated heterocycles. The second-order valence-corrected chi connectivity index (χ2v) is 9.19. The molecule has 1 atom stereocenters. The van der Waals surface area contributed by atoms with E-state index >= 15 is 0 Å². The minimum Gasteiger partial charge on any atom is -0.458 e. The van der Waals surface area contributed by atoms with Crippen molar-refractivity contribution < 1.29 is 22.7 Å². The monoisotopic (exact) mass is 415 g/mol. The molecule has 0 aromatic heterocycles. The Kier molecular flexibility index (Phi) is 6.49. The lowest BCUT2D eigenvalue weighted by Crippen LogP contribution is -2.40. The number of ketones is 1. The summed E-state index contributed by atoms with van der Waals surface area (Å²) >= 11 is 0. The largest absolute Gasteiger partial charge is 0.458 e. The Hall–Kier alpha value is -2.51. The first-order chi connectivity index (χ1) is 13.8. The van der Waals surface area contributed by atoms with Gasteiger partial charge in [-0.2, -0.15) is 4.31 Å². The molecule has 0 saturated carbocycles. The molecule has 154 valence electrons. The summed E-state index contributed by atoms with van der Waals surface area (Å²) in [7, 11) is -3.70. The standard InChI is InChI=1S/C22H25NO5S/c1-16(24)20-9-6-10-21(15-20)29(26,27)23-13-11-19(12-14-23)22(25)28-17(2)18-7-4-3-5-8-18/h3-10,15,17,19H,11-14H2,1-2H3/t17-/m0/s1. The first kappa shape index (κ1) is 21.2. The number of rotatable bonds is 6. The van der Waals surface area contributed by atoms with Crippen LogP contribution in [0.15, 0.2) is 59.5 Å². The number of hydrogen-bond donors (Lipinski definition) is 0. The smallest absolute Gasteiger partial charge is 0.309 e. The molecule has 1 aliphatic rings. The minimum atomic E-state index is -3.70. The van der Waals surface area contributed by atoms with Gasteiger partial charge >= 0.3 is 5.97 Å². The van der Waals surface area contributed by atoms with E-state index in [1.807, 2.05) is 37.3 Å². The van der Waals surface area contributed by atoms with Crippen LogP contribution in [-0.4, -0.2) is 37.6 Å². The number of hydrogen-bond acceptors (Lipinski definition) is 5. The van der Waals surface area contributed by atoms with Crippen LogP contribution in [0.2, 0.25) is 0 Å². The number of carbonyl (C=O) groups is 2. The van der Waals surface area contributed by atoms with Crippen LogP contribution in [0.1, 0.15) is 48.7 Å². The number of esters is 1. The van der Waals surface area contributed by atoms with Crippen LogP contribution >= 0.6 is 0 Å². The highest BCUT2D eigenvalue weighted by Gasteiger charge is 2.33. The van der Waals surface area contributed by atoms with E-state index in [1.54, 1.807) is 12.1 Å². The molecule has 1 fully saturated rings. The van der Waals surface area contributed by atoms with Crippen molar-refractivity contribution in [1.29, 1.82) is 0 Å². The Bertz CT molecular complexity index is 979. The van der Waals surface area contributed by atoms with Crippen molar-refractivity contribution in [3.05, 3.63) is 65.7 Å². The summed E-state index contributed by atoms with van der Waals surface area (Å²) in [5, 5.41) is 0. The van der Waals surface area contributed by atoms with Crippen LogP contribution < -0.4 is 0 Å². The van der Waals surface area contributed by atoms with Gasteiger partial charge in [0.25, 0.3) is 0 Å². The molecule has 0 radical (unpaired) electrons. The van der Waals surface area contributed by atoms with E-state index in [0.29, 0.717) is 18.4 Å². The molecule has 0 aliphatic carbocycles. The SMILES string of the molecule is CC(=O)c1cccc(S(=O)(=O)N2CCC(C(=O)O[C@@H](C)c3ccccc3)CC2)c1. The third-order valence-electron chi connectivity index (χ3n) is 5.23. The number of ether oxygens (including phenoxy) is 1. The van der Waals surface area contributed by atoms with Crippen molar-refractivity contribution >= 4 is 21.8 Å². The van der Waals surface area contributed by atoms with Crippen molar-refractivity contribution in [3.63, 3.8) is 0 Å². The van der Waals surface area contributed by atoms with Gasteiger partial charge in [-0.05, 0) is 44.4 Å². The Morgan fingerprint density at radius 2 is 1.69 bits per heavy atom. The maximum atomic E-state index is 12.9. The molecule has 1 heterocycles. The highest BCUT2D eigenvalue weighted by Crippen LogP contribution is 2.27. The van der Waals surface area contributed by atoms with Gasteiger partial charge in [0.1, 0.15) is 6.10 Å². The molecule has 3 rings (SSSR count). The average Bonchev–Trinajstić information content (AvgIpc) is 2.74. The lowest BCUT2D eigenvalue weighted by atomic mass is 9.98. The summed E-state index contributed by atoms with van der Waals surface area (Å²) in [5.74, 6) is -0.802. The van der Waals surface area contributed by atoms with Gasteiger partial charge in [-0.25, -0.2) is 8.42 Å². The first-order valence-electron chi connectivity index (χ1n) is 9.65. The summed E-state index contributed by atoms with van der Waals surface area (Å²) < 4.78 is 32.8. The predicted octanol–water partition coefficient (Wildman–Crippen LogP) is 3.59. The van der Waals surface area contributed by atoms with E-state index in [2.05, 4.69) is 0 Å². The number of sulfonamides is 1. The zero-order valence-electron chi connectivity index (χ0n) is 16.6. The highest BCUT2D eigenvalue weighted by molar-refractivity contribution is 7.89. The van der Waals surface area contributed by atoms with Gasteiger partial charge in [0.2, 0.25) is 10.0 Å². The summed E-state index contributed by atoms with van der Waals surface area (Å²) in [6.07, 6.45) is 0.470. The molecule has 6 nitrogen and oxygen atoms in total. The second-order valence-electron chi connectivity index (χ2n) is 7.25. The van der Waals surface area contributed by atoms with Crippen LogP contribution in [0.5, 0.6) is 0 Å². The lowest BCUT2D eigenvalue weighted by Gasteiger charge is -2.30. The van der Waals surface area contributed by atoms with Crippen LogP contribution in [0.25, 0.3) is 0 Å². The van der Waals surface area contributed by atoms with Gasteiger partial charge in [-0.3, -0.25) is 9.59 Å². The molecule has 2 aromatic carbocycles. The van der Waals surface area contributed by atoms with Crippen LogP contribution in [0.4, 0.5) is 0 Å². The topological polar surface area (TPSA) is 80.8 Å². The maximum Gasteiger partial charge on any atom is 0.309 e. The molecule has 0 amide bonds. The molecule has 0 spiro atoms. The van der Waals surface area contributed by atoms with Crippen molar-refractivity contribution in [2.24, 2.45) is 5.92 Å². The normalized spacial score (nSPS) is 16.9. The Balaban J connectivity index is 1.61. The molecule has 0 bridgehead atoms. The van der Waals surface area contributed by atoms with Crippen molar-refractivity contribution in [1.82, 2.24) is 4.31 Å². The molecule has 0 unspecified atom stereocenters. The fourth-order valence-corrected chi connectivity index (χ4v) is 4.94. The van der Waals surface area contributed by atoms with E-state index in [1.165, 1.54) is 23.4 Å². The summed E-state index contributed by atoms with van der Waals surface area (Å²) in [6, 6.07) is 15.6. The molecule has 1 aliphatic heterocycles. The van der Waals surface area contributed by atoms with E-state index < -0.39 is 10.0 Å². The molecule has 0 N–H and O–H groups in total. The molecular weight excluding hydrogens is 390 g/mol. The first-order valence-corrected chi connectivity index (χ1v) is 11.1. The third kappa shape index (κ3) is 4.92. The number of Topliss-reactive ketones (excluding diaryl/α,β-unsaturated/α-hetero) is 1. The third-order valence-corrected chi connectivity index (χ3v) is 7.12. The molecule has 7 heteroatoms. The van der Waals surface area contributed by atoms with Crippen LogP contribution in [0, 0.1) is 5.92 Å². The van der Waals surface area contributed by atoms with Crippen molar-refractivity contribution in [2.45, 2.75) is 37.7 Å². The number of piperidine rings is 1. The van der Waals surface area contributed by atoms with E-state index in [-0.39, 0.29) is 41.8 Å². The van der Waals surface area contributed by atoms with E-state index in [0.717, 1.165) is 5.56 Å². The Morgan fingerprint density at radius 1 is 1.03 bits per heavy atom. The number of benzene rings is 2. The zero-order valence-corrected chi connectivity index (χ0v) is 17.4. The maximum absolute atomic E-state index is 12.9. The van der Waals surface area contributed by atoms with Gasteiger partial charge in [0.15, 0.2) is 5.78 Å². The summed E-state index contributed by atoms with van der Waals surface area (Å²) in [5.41, 5.74) is 1.28. The second kappa shape index (κ2) is 8.88. The van der Waals surface area contributed by atoms with Crippen molar-refractivity contribution in [3.8, 4) is 0 Å². The zero-order chi connectivity index (χ0) is 21.0. The fraction of sp³-hybridized carbons (Fsp3) is 0.364.